The fraction of sp³-hybridized carbons (Fsp3) is 0.364. The number of rotatable bonds is 10. The van der Waals surface area contributed by atoms with Gasteiger partial charge in [-0.05, 0) is 56.5 Å². The molecule has 0 aliphatic rings. The van der Waals surface area contributed by atoms with Crippen LogP contribution in [0.25, 0.3) is 6.08 Å². The fourth-order valence-corrected chi connectivity index (χ4v) is 2.12. The first kappa shape index (κ1) is 22.5. The highest BCUT2D eigenvalue weighted by Gasteiger charge is 2.21. The number of hydrogen-bond acceptors (Lipinski definition) is 5. The van der Waals surface area contributed by atoms with Crippen molar-refractivity contribution in [3.63, 3.8) is 0 Å². The van der Waals surface area contributed by atoms with E-state index in [1.165, 1.54) is 30.4 Å². The van der Waals surface area contributed by atoms with Gasteiger partial charge in [-0.3, -0.25) is 9.59 Å². The van der Waals surface area contributed by atoms with Crippen LogP contribution in [0.3, 0.4) is 0 Å². The van der Waals surface area contributed by atoms with Crippen molar-refractivity contribution in [3.05, 3.63) is 59.7 Å². The molecule has 0 fully saturated rings. The standard InChI is InChI=1S/C22H28O5/c1-4-22(3,27)14-13-16(2)5-11-20(25)19(15-23)21(26)12-8-17-6-9-18(24)10-7-17/h5-13,19,23-24,27H,4,14-15H2,1-3H3. The number of allylic oxidation sites excluding steroid dienone is 4. The lowest BCUT2D eigenvalue weighted by Gasteiger charge is -2.18. The summed E-state index contributed by atoms with van der Waals surface area (Å²) >= 11 is 0. The van der Waals surface area contributed by atoms with Crippen LogP contribution in [-0.2, 0) is 9.59 Å². The van der Waals surface area contributed by atoms with E-state index in [0.717, 1.165) is 5.57 Å². The molecule has 27 heavy (non-hydrogen) atoms. The van der Waals surface area contributed by atoms with Gasteiger partial charge in [-0.25, -0.2) is 0 Å². The monoisotopic (exact) mass is 372 g/mol. The topological polar surface area (TPSA) is 94.8 Å². The van der Waals surface area contributed by atoms with E-state index in [2.05, 4.69) is 0 Å². The second kappa shape index (κ2) is 10.6. The normalized spacial score (nSPS) is 15.8. The summed E-state index contributed by atoms with van der Waals surface area (Å²) in [6, 6.07) is 6.25. The molecule has 0 bridgehead atoms. The quantitative estimate of drug-likeness (QED) is 0.333. The number of ketones is 2. The molecule has 1 aromatic rings. The number of aliphatic hydroxyl groups is 2. The Bertz CT molecular complexity index is 724. The Labute approximate surface area is 160 Å². The molecular weight excluding hydrogens is 344 g/mol. The number of phenols is 1. The third-order valence-electron chi connectivity index (χ3n) is 4.34. The molecule has 0 heterocycles. The van der Waals surface area contributed by atoms with E-state index in [1.54, 1.807) is 32.1 Å². The lowest BCUT2D eigenvalue weighted by molar-refractivity contribution is -0.128. The first-order valence-corrected chi connectivity index (χ1v) is 8.91. The van der Waals surface area contributed by atoms with E-state index in [9.17, 15) is 24.9 Å². The van der Waals surface area contributed by atoms with Crippen LogP contribution in [0.15, 0.2) is 54.1 Å². The number of hydrogen-bond donors (Lipinski definition) is 3. The summed E-state index contributed by atoms with van der Waals surface area (Å²) in [7, 11) is 0. The van der Waals surface area contributed by atoms with E-state index < -0.39 is 29.7 Å². The average molecular weight is 372 g/mol. The fourth-order valence-electron chi connectivity index (χ4n) is 2.12. The Morgan fingerprint density at radius 2 is 1.70 bits per heavy atom. The Balaban J connectivity index is 2.73. The summed E-state index contributed by atoms with van der Waals surface area (Å²) in [5, 5.41) is 28.6. The Morgan fingerprint density at radius 3 is 2.26 bits per heavy atom. The molecule has 0 aliphatic carbocycles. The van der Waals surface area contributed by atoms with Crippen molar-refractivity contribution in [2.45, 2.75) is 39.2 Å². The van der Waals surface area contributed by atoms with Crippen LogP contribution in [0.5, 0.6) is 5.75 Å². The summed E-state index contributed by atoms with van der Waals surface area (Å²) in [5.41, 5.74) is 0.699. The Morgan fingerprint density at radius 1 is 1.11 bits per heavy atom. The summed E-state index contributed by atoms with van der Waals surface area (Å²) in [6.45, 7) is 4.86. The molecule has 0 spiro atoms. The number of carbonyl (C=O) groups excluding carboxylic acids is 2. The predicted molar refractivity (Wildman–Crippen MR) is 106 cm³/mol. The van der Waals surface area contributed by atoms with Crippen LogP contribution in [0.1, 0.15) is 39.2 Å². The van der Waals surface area contributed by atoms with Gasteiger partial charge in [0.05, 0.1) is 12.2 Å². The number of aliphatic hydroxyl groups excluding tert-OH is 1. The van der Waals surface area contributed by atoms with E-state index in [1.807, 2.05) is 13.0 Å². The highest BCUT2D eigenvalue weighted by Crippen LogP contribution is 2.16. The summed E-state index contributed by atoms with van der Waals surface area (Å²) in [6.07, 6.45) is 8.54. The van der Waals surface area contributed by atoms with Crippen molar-refractivity contribution in [2.24, 2.45) is 5.92 Å². The molecule has 0 amide bonds. The molecule has 3 N–H and O–H groups in total. The van der Waals surface area contributed by atoms with Gasteiger partial charge in [-0.15, -0.1) is 0 Å². The first-order valence-electron chi connectivity index (χ1n) is 8.91. The summed E-state index contributed by atoms with van der Waals surface area (Å²) in [4.78, 5) is 24.4. The zero-order valence-corrected chi connectivity index (χ0v) is 16.1. The second-order valence-corrected chi connectivity index (χ2v) is 6.80. The van der Waals surface area contributed by atoms with Crippen molar-refractivity contribution >= 4 is 17.6 Å². The van der Waals surface area contributed by atoms with Crippen LogP contribution in [0, 0.1) is 5.92 Å². The SMILES string of the molecule is CCC(C)(O)CC=C(C)C=CC(=O)C(CO)C(=O)C=Cc1ccc(O)cc1. The van der Waals surface area contributed by atoms with Gasteiger partial charge in [0.2, 0.25) is 0 Å². The van der Waals surface area contributed by atoms with Crippen LogP contribution < -0.4 is 0 Å². The largest absolute Gasteiger partial charge is 0.508 e. The van der Waals surface area contributed by atoms with Gasteiger partial charge in [0.25, 0.3) is 0 Å². The van der Waals surface area contributed by atoms with Gasteiger partial charge in [-0.1, -0.05) is 42.9 Å². The Hall–Kier alpha value is -2.50. The maximum Gasteiger partial charge on any atom is 0.168 e. The van der Waals surface area contributed by atoms with Crippen LogP contribution in [0.4, 0.5) is 0 Å². The smallest absolute Gasteiger partial charge is 0.168 e. The minimum absolute atomic E-state index is 0.121. The number of benzene rings is 1. The molecular formula is C22H28O5. The van der Waals surface area contributed by atoms with Crippen molar-refractivity contribution in [2.75, 3.05) is 6.61 Å². The molecule has 0 aromatic heterocycles. The maximum absolute atomic E-state index is 12.2. The molecule has 0 aliphatic heterocycles. The first-order chi connectivity index (χ1) is 12.7. The molecule has 1 aromatic carbocycles. The Kier molecular flexibility index (Phi) is 8.85. The van der Waals surface area contributed by atoms with Gasteiger partial charge in [0.1, 0.15) is 11.7 Å². The van der Waals surface area contributed by atoms with Crippen molar-refractivity contribution in [3.8, 4) is 5.75 Å². The van der Waals surface area contributed by atoms with Gasteiger partial charge in [0.15, 0.2) is 11.6 Å². The zero-order chi connectivity index (χ0) is 20.4. The third-order valence-corrected chi connectivity index (χ3v) is 4.34. The van der Waals surface area contributed by atoms with Crippen molar-refractivity contribution < 1.29 is 24.9 Å². The minimum atomic E-state index is -1.15. The van der Waals surface area contributed by atoms with Gasteiger partial charge < -0.3 is 15.3 Å². The van der Waals surface area contributed by atoms with E-state index in [0.29, 0.717) is 18.4 Å². The van der Waals surface area contributed by atoms with E-state index in [-0.39, 0.29) is 5.75 Å². The minimum Gasteiger partial charge on any atom is -0.508 e. The maximum atomic E-state index is 12.2. The van der Waals surface area contributed by atoms with Crippen LogP contribution in [0.2, 0.25) is 0 Å². The molecule has 2 unspecified atom stereocenters. The molecule has 1 rings (SSSR count). The van der Waals surface area contributed by atoms with Crippen LogP contribution >= 0.6 is 0 Å². The number of aromatic hydroxyl groups is 1. The molecule has 146 valence electrons. The van der Waals surface area contributed by atoms with Crippen LogP contribution in [-0.4, -0.2) is 39.1 Å². The lowest BCUT2D eigenvalue weighted by atomic mass is 9.96. The van der Waals surface area contributed by atoms with Gasteiger partial charge in [-0.2, -0.15) is 0 Å². The molecule has 0 saturated heterocycles. The van der Waals surface area contributed by atoms with Crippen molar-refractivity contribution in [1.82, 2.24) is 0 Å². The second-order valence-electron chi connectivity index (χ2n) is 6.80. The van der Waals surface area contributed by atoms with E-state index >= 15 is 0 Å². The zero-order valence-electron chi connectivity index (χ0n) is 16.1. The predicted octanol–water partition coefficient (Wildman–Crippen LogP) is 3.21. The lowest BCUT2D eigenvalue weighted by Crippen LogP contribution is -2.24. The molecule has 0 saturated carbocycles. The molecule has 5 nitrogen and oxygen atoms in total. The average Bonchev–Trinajstić information content (AvgIpc) is 2.65. The summed E-state index contributed by atoms with van der Waals surface area (Å²) in [5.74, 6) is -2.00. The highest BCUT2D eigenvalue weighted by atomic mass is 16.3. The molecule has 5 heteroatoms. The van der Waals surface area contributed by atoms with Crippen molar-refractivity contribution in [1.29, 1.82) is 0 Å². The summed E-state index contributed by atoms with van der Waals surface area (Å²) < 4.78 is 0. The number of phenolic OH excluding ortho intramolecular Hbond substituents is 1. The van der Waals surface area contributed by atoms with E-state index in [4.69, 9.17) is 0 Å². The molecule has 2 atom stereocenters. The highest BCUT2D eigenvalue weighted by molar-refractivity contribution is 6.12. The third kappa shape index (κ3) is 8.15. The number of carbonyl (C=O) groups is 2. The molecule has 0 radical (unpaired) electrons. The van der Waals surface area contributed by atoms with Gasteiger partial charge in [0, 0.05) is 0 Å². The van der Waals surface area contributed by atoms with Gasteiger partial charge >= 0.3 is 0 Å².